The molecular weight excluding hydrogens is 326 g/mol. The maximum absolute atomic E-state index is 11.4. The third-order valence-electron chi connectivity index (χ3n) is 4.63. The van der Waals surface area contributed by atoms with Gasteiger partial charge in [-0.1, -0.05) is 85.5 Å². The summed E-state index contributed by atoms with van der Waals surface area (Å²) in [6.45, 7) is 7.04. The third kappa shape index (κ3) is 9.76. The van der Waals surface area contributed by atoms with Crippen LogP contribution in [0, 0.1) is 10.8 Å². The van der Waals surface area contributed by atoms with Crippen molar-refractivity contribution in [3.05, 3.63) is 0 Å². The van der Waals surface area contributed by atoms with Crippen LogP contribution < -0.4 is 80.5 Å². The van der Waals surface area contributed by atoms with Crippen molar-refractivity contribution in [3.63, 3.8) is 0 Å². The largest absolute Gasteiger partial charge is 1.00 e. The molecule has 0 amide bonds. The van der Waals surface area contributed by atoms with E-state index in [1.165, 1.54) is 32.1 Å². The fourth-order valence-electron chi connectivity index (χ4n) is 2.98. The number of carbonyl (C=O) groups is 2. The van der Waals surface area contributed by atoms with E-state index >= 15 is 0 Å². The molecule has 0 heterocycles. The fourth-order valence-corrected chi connectivity index (χ4v) is 2.98. The van der Waals surface area contributed by atoms with Gasteiger partial charge in [0.15, 0.2) is 0 Å². The number of carbonyl (C=O) groups excluding carboxylic acids is 2. The second kappa shape index (κ2) is 15.3. The van der Waals surface area contributed by atoms with E-state index in [0.717, 1.165) is 19.3 Å². The summed E-state index contributed by atoms with van der Waals surface area (Å²) >= 11 is 0. The second-order valence-corrected chi connectivity index (χ2v) is 7.31. The quantitative estimate of drug-likeness (QED) is 0.206. The zero-order valence-corrected chi connectivity index (χ0v) is 19.8. The molecule has 0 atom stereocenters. The third-order valence-corrected chi connectivity index (χ3v) is 4.63. The first-order valence-electron chi connectivity index (χ1n) is 8.63. The van der Waals surface area contributed by atoms with Crippen molar-refractivity contribution >= 4 is 11.9 Å². The molecule has 24 heavy (non-hydrogen) atoms. The molecule has 0 N–H and O–H groups in total. The minimum Gasteiger partial charge on any atom is -0.549 e. The molecule has 0 radical (unpaired) electrons. The predicted molar refractivity (Wildman–Crippen MR) is 83.7 cm³/mol. The molecule has 0 fully saturated rings. The zero-order chi connectivity index (χ0) is 17.2. The second-order valence-electron chi connectivity index (χ2n) is 7.31. The SMILES string of the molecule is CCCCCCCCCCCC(C(=O)[O-])(C(=O)[O-])C(C)(C)C.[K+].[Li+]. The summed E-state index contributed by atoms with van der Waals surface area (Å²) in [4.78, 5) is 22.9. The van der Waals surface area contributed by atoms with E-state index in [2.05, 4.69) is 6.92 Å². The van der Waals surface area contributed by atoms with Crippen molar-refractivity contribution in [1.82, 2.24) is 0 Å². The van der Waals surface area contributed by atoms with Gasteiger partial charge in [-0.3, -0.25) is 0 Å². The Bertz CT molecular complexity index is 339. The molecule has 0 unspecified atom stereocenters. The van der Waals surface area contributed by atoms with Crippen molar-refractivity contribution < 1.29 is 90.0 Å². The molecule has 0 aromatic rings. The molecule has 0 bridgehead atoms. The first-order chi connectivity index (χ1) is 10.2. The Morgan fingerprint density at radius 3 is 1.38 bits per heavy atom. The van der Waals surface area contributed by atoms with Gasteiger partial charge in [-0.15, -0.1) is 0 Å². The van der Waals surface area contributed by atoms with Crippen LogP contribution >= 0.6 is 0 Å². The Balaban J connectivity index is -0.00000220. The first-order valence-corrected chi connectivity index (χ1v) is 8.63. The average Bonchev–Trinajstić information content (AvgIpc) is 2.38. The first kappa shape index (κ1) is 29.9. The Kier molecular flexibility index (Phi) is 19.0. The van der Waals surface area contributed by atoms with Crippen molar-refractivity contribution in [2.24, 2.45) is 10.8 Å². The smallest absolute Gasteiger partial charge is 0.549 e. The summed E-state index contributed by atoms with van der Waals surface area (Å²) in [5.74, 6) is -3.06. The van der Waals surface area contributed by atoms with Crippen molar-refractivity contribution in [2.75, 3.05) is 0 Å². The van der Waals surface area contributed by atoms with Gasteiger partial charge in [-0.2, -0.15) is 0 Å². The number of hydrogen-bond acceptors (Lipinski definition) is 4. The van der Waals surface area contributed by atoms with Crippen molar-refractivity contribution in [3.8, 4) is 0 Å². The summed E-state index contributed by atoms with van der Waals surface area (Å²) in [5, 5.41) is 22.9. The van der Waals surface area contributed by atoms with Crippen LogP contribution in [0.1, 0.15) is 91.9 Å². The van der Waals surface area contributed by atoms with Crippen LogP contribution in [-0.2, 0) is 9.59 Å². The minimum absolute atomic E-state index is 0. The molecule has 0 aromatic heterocycles. The number of hydrogen-bond donors (Lipinski definition) is 0. The molecular formula is C18H32KLiO4. The summed E-state index contributed by atoms with van der Waals surface area (Å²) in [6.07, 6.45) is 9.90. The summed E-state index contributed by atoms with van der Waals surface area (Å²) in [5.41, 5.74) is -2.83. The molecule has 130 valence electrons. The van der Waals surface area contributed by atoms with Gasteiger partial charge in [0.05, 0.1) is 17.4 Å². The van der Waals surface area contributed by atoms with Crippen LogP contribution in [0.3, 0.4) is 0 Å². The van der Waals surface area contributed by atoms with E-state index in [0.29, 0.717) is 6.42 Å². The van der Waals surface area contributed by atoms with Crippen LogP contribution in [-0.4, -0.2) is 11.9 Å². The standard InChI is InChI=1S/C18H34O4.K.Li/c1-5-6-7-8-9-10-11-12-13-14-18(15(19)20,16(21)22)17(2,3)4;;/h5-14H2,1-4H3,(H,19,20)(H,21,22);;/q;2*+1/p-2. The van der Waals surface area contributed by atoms with Crippen LogP contribution in [0.2, 0.25) is 0 Å². The Morgan fingerprint density at radius 2 is 1.08 bits per heavy atom. The fraction of sp³-hybridized carbons (Fsp3) is 0.889. The molecule has 0 aliphatic carbocycles. The van der Waals surface area contributed by atoms with Crippen LogP contribution in [0.25, 0.3) is 0 Å². The number of aliphatic carboxylic acids is 2. The molecule has 0 saturated heterocycles. The molecule has 0 aromatic carbocycles. The number of unbranched alkanes of at least 4 members (excludes halogenated alkanes) is 8. The average molecular weight is 358 g/mol. The van der Waals surface area contributed by atoms with E-state index < -0.39 is 22.8 Å². The van der Waals surface area contributed by atoms with Gasteiger partial charge >= 0.3 is 70.2 Å². The van der Waals surface area contributed by atoms with Gasteiger partial charge in [0.2, 0.25) is 0 Å². The Labute approximate surface area is 202 Å². The molecule has 0 spiro atoms. The molecule has 0 saturated carbocycles. The van der Waals surface area contributed by atoms with Gasteiger partial charge < -0.3 is 19.8 Å². The minimum atomic E-state index is -1.91. The van der Waals surface area contributed by atoms with E-state index in [-0.39, 0.29) is 76.7 Å². The van der Waals surface area contributed by atoms with Crippen molar-refractivity contribution in [1.29, 1.82) is 0 Å². The van der Waals surface area contributed by atoms with Crippen LogP contribution in [0.4, 0.5) is 0 Å². The maximum Gasteiger partial charge on any atom is 1.00 e. The molecule has 0 rings (SSSR count). The Morgan fingerprint density at radius 1 is 0.750 bits per heavy atom. The summed E-state index contributed by atoms with van der Waals surface area (Å²) in [7, 11) is 0. The number of rotatable bonds is 12. The topological polar surface area (TPSA) is 80.3 Å². The van der Waals surface area contributed by atoms with Crippen LogP contribution in [0.5, 0.6) is 0 Å². The molecule has 4 nitrogen and oxygen atoms in total. The normalized spacial score (nSPS) is 11.3. The van der Waals surface area contributed by atoms with E-state index in [4.69, 9.17) is 0 Å². The summed E-state index contributed by atoms with van der Waals surface area (Å²) < 4.78 is 0. The van der Waals surface area contributed by atoms with Gasteiger partial charge in [0.1, 0.15) is 0 Å². The number of carboxylic acids is 2. The van der Waals surface area contributed by atoms with Crippen LogP contribution in [0.15, 0.2) is 0 Å². The van der Waals surface area contributed by atoms with Crippen molar-refractivity contribution in [2.45, 2.75) is 91.9 Å². The van der Waals surface area contributed by atoms with E-state index in [1.54, 1.807) is 20.8 Å². The van der Waals surface area contributed by atoms with E-state index in [9.17, 15) is 19.8 Å². The molecule has 0 aliphatic heterocycles. The molecule has 0 aliphatic rings. The van der Waals surface area contributed by atoms with Gasteiger partial charge in [-0.05, 0) is 11.8 Å². The summed E-state index contributed by atoms with van der Waals surface area (Å²) in [6, 6.07) is 0. The number of carboxylic acid groups (broad SMARTS) is 2. The van der Waals surface area contributed by atoms with Gasteiger partial charge in [0, 0.05) is 0 Å². The monoisotopic (exact) mass is 358 g/mol. The van der Waals surface area contributed by atoms with Gasteiger partial charge in [0.25, 0.3) is 0 Å². The zero-order valence-electron chi connectivity index (χ0n) is 16.7. The Hall–Kier alpha value is 1.17. The van der Waals surface area contributed by atoms with E-state index in [1.807, 2.05) is 0 Å². The predicted octanol–water partition coefficient (Wildman–Crippen LogP) is -3.55. The maximum atomic E-state index is 11.4. The van der Waals surface area contributed by atoms with Gasteiger partial charge in [-0.25, -0.2) is 0 Å². The molecule has 6 heteroatoms.